The molecule has 2 aliphatic heterocycles. The van der Waals surface area contributed by atoms with Crippen LogP contribution in [0.1, 0.15) is 26.7 Å². The fourth-order valence-corrected chi connectivity index (χ4v) is 2.61. The highest BCUT2D eigenvalue weighted by Crippen LogP contribution is 2.31. The van der Waals surface area contributed by atoms with Crippen molar-refractivity contribution in [2.45, 2.75) is 32.2 Å². The normalized spacial score (nSPS) is 25.0. The molecule has 15 heavy (non-hydrogen) atoms. The molecule has 1 spiro atoms. The Hall–Kier alpha value is -0.770. The molecule has 2 aliphatic rings. The van der Waals surface area contributed by atoms with Crippen molar-refractivity contribution >= 4 is 5.96 Å². The molecule has 0 aromatic carbocycles. The third-order valence-corrected chi connectivity index (χ3v) is 3.47. The Morgan fingerprint density at radius 2 is 2.13 bits per heavy atom. The van der Waals surface area contributed by atoms with Gasteiger partial charge in [-0.2, -0.15) is 0 Å². The highest BCUT2D eigenvalue weighted by Gasteiger charge is 2.42. The fourth-order valence-electron chi connectivity index (χ4n) is 2.61. The predicted molar refractivity (Wildman–Crippen MR) is 62.9 cm³/mol. The molecule has 86 valence electrons. The average Bonchev–Trinajstić information content (AvgIpc) is 2.48. The first kappa shape index (κ1) is 10.7. The molecule has 2 rings (SSSR count). The molecule has 0 aromatic rings. The molecule has 2 heterocycles. The van der Waals surface area contributed by atoms with Crippen molar-refractivity contribution in [3.8, 4) is 0 Å². The molecule has 0 aliphatic carbocycles. The molecular weight excluding hydrogens is 188 g/mol. The SMILES string of the molecule is CC(C)CN1C(N)=NCC12CCNCC2. The molecule has 0 unspecified atom stereocenters. The molecule has 0 atom stereocenters. The van der Waals surface area contributed by atoms with Gasteiger partial charge in [0, 0.05) is 6.54 Å². The third-order valence-electron chi connectivity index (χ3n) is 3.47. The number of aliphatic imine (C=N–C) groups is 1. The van der Waals surface area contributed by atoms with Gasteiger partial charge >= 0.3 is 0 Å². The van der Waals surface area contributed by atoms with E-state index in [9.17, 15) is 0 Å². The summed E-state index contributed by atoms with van der Waals surface area (Å²) in [5.74, 6) is 1.40. The summed E-state index contributed by atoms with van der Waals surface area (Å²) < 4.78 is 0. The molecule has 0 saturated carbocycles. The maximum absolute atomic E-state index is 5.99. The van der Waals surface area contributed by atoms with Crippen molar-refractivity contribution < 1.29 is 0 Å². The summed E-state index contributed by atoms with van der Waals surface area (Å²) in [5, 5.41) is 3.41. The molecular formula is C11H22N4. The topological polar surface area (TPSA) is 53.6 Å². The molecule has 3 N–H and O–H groups in total. The lowest BCUT2D eigenvalue weighted by atomic mass is 9.87. The number of nitrogens with zero attached hydrogens (tertiary/aromatic N) is 2. The average molecular weight is 210 g/mol. The Bertz CT molecular complexity index is 253. The highest BCUT2D eigenvalue weighted by atomic mass is 15.4. The van der Waals surface area contributed by atoms with Crippen molar-refractivity contribution in [3.05, 3.63) is 0 Å². The lowest BCUT2D eigenvalue weighted by Crippen LogP contribution is -2.57. The monoisotopic (exact) mass is 210 g/mol. The van der Waals surface area contributed by atoms with E-state index in [1.54, 1.807) is 0 Å². The summed E-state index contributed by atoms with van der Waals surface area (Å²) in [6.07, 6.45) is 2.34. The van der Waals surface area contributed by atoms with Crippen LogP contribution in [-0.4, -0.2) is 42.6 Å². The smallest absolute Gasteiger partial charge is 0.191 e. The van der Waals surface area contributed by atoms with Gasteiger partial charge in [-0.15, -0.1) is 0 Å². The van der Waals surface area contributed by atoms with Gasteiger partial charge in [-0.25, -0.2) is 0 Å². The van der Waals surface area contributed by atoms with Crippen molar-refractivity contribution in [1.29, 1.82) is 0 Å². The van der Waals surface area contributed by atoms with Gasteiger partial charge in [0.1, 0.15) is 0 Å². The van der Waals surface area contributed by atoms with Crippen LogP contribution in [0.15, 0.2) is 4.99 Å². The second-order valence-corrected chi connectivity index (χ2v) is 5.15. The van der Waals surface area contributed by atoms with Crippen LogP contribution < -0.4 is 11.1 Å². The Kier molecular flexibility index (Phi) is 2.87. The van der Waals surface area contributed by atoms with Crippen molar-refractivity contribution in [2.24, 2.45) is 16.6 Å². The van der Waals surface area contributed by atoms with E-state index in [4.69, 9.17) is 5.73 Å². The van der Waals surface area contributed by atoms with Gasteiger partial charge in [-0.05, 0) is 31.8 Å². The zero-order valence-corrected chi connectivity index (χ0v) is 9.79. The number of hydrogen-bond acceptors (Lipinski definition) is 4. The van der Waals surface area contributed by atoms with E-state index < -0.39 is 0 Å². The molecule has 0 radical (unpaired) electrons. The van der Waals surface area contributed by atoms with Crippen LogP contribution in [0.3, 0.4) is 0 Å². The van der Waals surface area contributed by atoms with Crippen LogP contribution >= 0.6 is 0 Å². The van der Waals surface area contributed by atoms with Gasteiger partial charge < -0.3 is 16.0 Å². The number of hydrogen-bond donors (Lipinski definition) is 2. The maximum Gasteiger partial charge on any atom is 0.191 e. The summed E-state index contributed by atoms with van der Waals surface area (Å²) in [7, 11) is 0. The van der Waals surface area contributed by atoms with E-state index in [2.05, 4.69) is 29.1 Å². The summed E-state index contributed by atoms with van der Waals surface area (Å²) in [6, 6.07) is 0. The molecule has 0 aromatic heterocycles. The molecule has 1 saturated heterocycles. The predicted octanol–water partition coefficient (Wildman–Crippen LogP) is 0.395. The van der Waals surface area contributed by atoms with Crippen LogP contribution in [0.2, 0.25) is 0 Å². The van der Waals surface area contributed by atoms with Crippen LogP contribution in [0.4, 0.5) is 0 Å². The second-order valence-electron chi connectivity index (χ2n) is 5.15. The zero-order valence-electron chi connectivity index (χ0n) is 9.79. The number of nitrogens with two attached hydrogens (primary N) is 1. The first-order valence-electron chi connectivity index (χ1n) is 5.92. The van der Waals surface area contributed by atoms with Crippen molar-refractivity contribution in [2.75, 3.05) is 26.2 Å². The Labute approximate surface area is 91.9 Å². The van der Waals surface area contributed by atoms with E-state index in [1.807, 2.05) is 0 Å². The standard InChI is InChI=1S/C11H22N4/c1-9(2)7-15-10(12)14-8-11(15)3-5-13-6-4-11/h9,13H,3-8H2,1-2H3,(H2,12,14). The quantitative estimate of drug-likeness (QED) is 0.693. The maximum atomic E-state index is 5.99. The molecule has 4 nitrogen and oxygen atoms in total. The first-order valence-corrected chi connectivity index (χ1v) is 5.92. The number of rotatable bonds is 2. The summed E-state index contributed by atoms with van der Waals surface area (Å²) in [4.78, 5) is 6.79. The van der Waals surface area contributed by atoms with Gasteiger partial charge in [0.15, 0.2) is 5.96 Å². The van der Waals surface area contributed by atoms with Crippen LogP contribution in [0, 0.1) is 5.92 Å². The molecule has 1 fully saturated rings. The number of piperidine rings is 1. The van der Waals surface area contributed by atoms with E-state index in [0.29, 0.717) is 5.92 Å². The van der Waals surface area contributed by atoms with Gasteiger partial charge in [0.2, 0.25) is 0 Å². The van der Waals surface area contributed by atoms with Gasteiger partial charge in [-0.3, -0.25) is 4.99 Å². The number of guanidine groups is 1. The lowest BCUT2D eigenvalue weighted by molar-refractivity contribution is 0.138. The number of nitrogens with one attached hydrogen (secondary N) is 1. The van der Waals surface area contributed by atoms with Gasteiger partial charge in [0.05, 0.1) is 12.1 Å². The van der Waals surface area contributed by atoms with Gasteiger partial charge in [-0.1, -0.05) is 13.8 Å². The van der Waals surface area contributed by atoms with E-state index >= 15 is 0 Å². The highest BCUT2D eigenvalue weighted by molar-refractivity contribution is 5.81. The Morgan fingerprint density at radius 3 is 2.73 bits per heavy atom. The summed E-state index contributed by atoms with van der Waals surface area (Å²) >= 11 is 0. The fraction of sp³-hybridized carbons (Fsp3) is 0.909. The Morgan fingerprint density at radius 1 is 1.47 bits per heavy atom. The largest absolute Gasteiger partial charge is 0.370 e. The zero-order chi connectivity index (χ0) is 10.9. The minimum absolute atomic E-state index is 0.236. The molecule has 4 heteroatoms. The summed E-state index contributed by atoms with van der Waals surface area (Å²) in [5.41, 5.74) is 6.22. The van der Waals surface area contributed by atoms with Crippen LogP contribution in [0.5, 0.6) is 0 Å². The summed E-state index contributed by atoms with van der Waals surface area (Å²) in [6.45, 7) is 8.60. The molecule has 0 bridgehead atoms. The van der Waals surface area contributed by atoms with E-state index in [-0.39, 0.29) is 5.54 Å². The third kappa shape index (κ3) is 1.95. The van der Waals surface area contributed by atoms with E-state index in [1.165, 1.54) is 12.8 Å². The Balaban J connectivity index is 2.11. The van der Waals surface area contributed by atoms with Gasteiger partial charge in [0.25, 0.3) is 0 Å². The van der Waals surface area contributed by atoms with E-state index in [0.717, 1.165) is 32.1 Å². The van der Waals surface area contributed by atoms with Crippen LogP contribution in [0.25, 0.3) is 0 Å². The minimum atomic E-state index is 0.236. The van der Waals surface area contributed by atoms with Crippen LogP contribution in [-0.2, 0) is 0 Å². The first-order chi connectivity index (χ1) is 7.14. The minimum Gasteiger partial charge on any atom is -0.370 e. The molecule has 0 amide bonds. The van der Waals surface area contributed by atoms with Crippen molar-refractivity contribution in [3.63, 3.8) is 0 Å². The second kappa shape index (κ2) is 4.00. The van der Waals surface area contributed by atoms with Crippen molar-refractivity contribution in [1.82, 2.24) is 10.2 Å². The lowest BCUT2D eigenvalue weighted by Gasteiger charge is -2.43.